The number of ether oxygens (including phenoxy) is 1. The summed E-state index contributed by atoms with van der Waals surface area (Å²) in [5, 5.41) is 17.6. The van der Waals surface area contributed by atoms with Gasteiger partial charge in [-0.1, -0.05) is 6.07 Å². The molecule has 1 atom stereocenters. The molecule has 0 saturated carbocycles. The molecule has 0 radical (unpaired) electrons. The number of aromatic nitrogens is 2. The van der Waals surface area contributed by atoms with E-state index in [2.05, 4.69) is 25.8 Å². The van der Waals surface area contributed by atoms with Crippen molar-refractivity contribution in [1.29, 1.82) is 0 Å². The van der Waals surface area contributed by atoms with Crippen LogP contribution in [0.3, 0.4) is 0 Å². The van der Waals surface area contributed by atoms with E-state index in [1.165, 1.54) is 19.2 Å². The third-order valence-corrected chi connectivity index (χ3v) is 5.13. The van der Waals surface area contributed by atoms with Gasteiger partial charge in [-0.05, 0) is 43.2 Å². The van der Waals surface area contributed by atoms with Gasteiger partial charge in [0.1, 0.15) is 11.4 Å². The van der Waals surface area contributed by atoms with Gasteiger partial charge < -0.3 is 20.5 Å². The largest absolute Gasteiger partial charge is 0.468 e. The first-order valence-corrected chi connectivity index (χ1v) is 10.1. The highest BCUT2D eigenvalue weighted by molar-refractivity contribution is 6.47. The van der Waals surface area contributed by atoms with Gasteiger partial charge in [0.25, 0.3) is 17.2 Å². The van der Waals surface area contributed by atoms with Crippen LogP contribution >= 0.6 is 0 Å². The van der Waals surface area contributed by atoms with Crippen molar-refractivity contribution in [2.75, 3.05) is 19.5 Å². The first kappa shape index (κ1) is 24.0. The molecule has 3 rings (SSSR count). The number of carbonyl (C=O) groups excluding carboxylic acids is 2. The van der Waals surface area contributed by atoms with Crippen molar-refractivity contribution in [2.24, 2.45) is 5.10 Å². The molecule has 0 aliphatic rings. The molecule has 0 fully saturated rings. The first-order chi connectivity index (χ1) is 16.2. The van der Waals surface area contributed by atoms with E-state index in [-0.39, 0.29) is 28.1 Å². The van der Waals surface area contributed by atoms with Crippen molar-refractivity contribution in [2.45, 2.75) is 19.8 Å². The lowest BCUT2D eigenvalue weighted by atomic mass is 9.98. The zero-order chi connectivity index (χ0) is 25.0. The number of benzene rings is 2. The quantitative estimate of drug-likeness (QED) is 0.205. The monoisotopic (exact) mass is 466 g/mol. The van der Waals surface area contributed by atoms with Crippen molar-refractivity contribution in [1.82, 2.24) is 15.4 Å². The Bertz CT molecular complexity index is 1380. The predicted molar refractivity (Wildman–Crippen MR) is 125 cm³/mol. The molecule has 34 heavy (non-hydrogen) atoms. The highest BCUT2D eigenvalue weighted by Gasteiger charge is 2.36. The molecule has 0 aliphatic carbocycles. The van der Waals surface area contributed by atoms with Crippen molar-refractivity contribution >= 4 is 40.0 Å². The highest BCUT2D eigenvalue weighted by Crippen LogP contribution is 2.22. The summed E-state index contributed by atoms with van der Waals surface area (Å²) in [7, 11) is 2.53. The Morgan fingerprint density at radius 1 is 1.18 bits per heavy atom. The number of hydrogen-bond donors (Lipinski definition) is 3. The summed E-state index contributed by atoms with van der Waals surface area (Å²) in [5.41, 5.74) is 3.40. The molecule has 2 aromatic carbocycles. The number of rotatable bonds is 7. The van der Waals surface area contributed by atoms with Crippen LogP contribution in [0, 0.1) is 24.0 Å². The molecule has 1 aromatic heterocycles. The maximum atomic E-state index is 13.1. The van der Waals surface area contributed by atoms with Gasteiger partial charge in [0.2, 0.25) is 0 Å². The molecule has 0 spiro atoms. The molecule has 1 amide bonds. The Morgan fingerprint density at radius 3 is 2.53 bits per heavy atom. The van der Waals surface area contributed by atoms with Crippen molar-refractivity contribution < 1.29 is 19.2 Å². The molecular weight excluding hydrogens is 444 g/mol. The average molecular weight is 466 g/mol. The van der Waals surface area contributed by atoms with Gasteiger partial charge in [0.15, 0.2) is 5.92 Å². The van der Waals surface area contributed by atoms with E-state index in [0.29, 0.717) is 5.69 Å². The Hall–Kier alpha value is -4.61. The first-order valence-electron chi connectivity index (χ1n) is 10.1. The lowest BCUT2D eigenvalue weighted by molar-refractivity contribution is -0.384. The Balaban J connectivity index is 2.10. The van der Waals surface area contributed by atoms with Gasteiger partial charge >= 0.3 is 5.97 Å². The molecule has 3 N–H and O–H groups in total. The fourth-order valence-corrected chi connectivity index (χ4v) is 3.25. The molecule has 0 saturated heterocycles. The molecule has 1 heterocycles. The van der Waals surface area contributed by atoms with E-state index in [4.69, 9.17) is 4.74 Å². The van der Waals surface area contributed by atoms with E-state index in [1.807, 2.05) is 19.9 Å². The number of nitrogens with one attached hydrogen (secondary N) is 3. The van der Waals surface area contributed by atoms with Crippen LogP contribution in [0.1, 0.15) is 22.7 Å². The number of methoxy groups -OCH3 is 1. The topological polar surface area (TPSA) is 169 Å². The predicted octanol–water partition coefficient (Wildman–Crippen LogP) is 1.92. The summed E-state index contributed by atoms with van der Waals surface area (Å²) >= 11 is 0. The summed E-state index contributed by atoms with van der Waals surface area (Å²) in [5.74, 6) is -3.27. The number of aryl methyl sites for hydroxylation is 2. The number of hydrogen-bond acceptors (Lipinski definition) is 9. The van der Waals surface area contributed by atoms with Gasteiger partial charge in [-0.2, -0.15) is 5.10 Å². The minimum atomic E-state index is -1.58. The normalized spacial score (nSPS) is 12.2. The Morgan fingerprint density at radius 2 is 1.91 bits per heavy atom. The maximum absolute atomic E-state index is 13.1. The number of nitro groups is 1. The van der Waals surface area contributed by atoms with Gasteiger partial charge in [0.05, 0.1) is 23.1 Å². The minimum Gasteiger partial charge on any atom is -0.468 e. The van der Waals surface area contributed by atoms with E-state index in [9.17, 15) is 24.5 Å². The van der Waals surface area contributed by atoms with Crippen LogP contribution in [-0.2, 0) is 14.3 Å². The lowest BCUT2D eigenvalue weighted by Gasteiger charge is -2.17. The molecule has 0 unspecified atom stereocenters. The lowest BCUT2D eigenvalue weighted by Crippen LogP contribution is -2.38. The van der Waals surface area contributed by atoms with Gasteiger partial charge in [-0.15, -0.1) is 0 Å². The average Bonchev–Trinajstić information content (AvgIpc) is 2.80. The van der Waals surface area contributed by atoms with Crippen molar-refractivity contribution in [3.8, 4) is 0 Å². The molecule has 12 heteroatoms. The van der Waals surface area contributed by atoms with Crippen LogP contribution in [0.2, 0.25) is 0 Å². The van der Waals surface area contributed by atoms with Gasteiger partial charge in [-0.3, -0.25) is 24.5 Å². The van der Waals surface area contributed by atoms with Crippen LogP contribution in [-0.4, -0.2) is 46.6 Å². The third kappa shape index (κ3) is 4.90. The Labute approximate surface area is 193 Å². The smallest absolute Gasteiger partial charge is 0.321 e. The summed E-state index contributed by atoms with van der Waals surface area (Å²) in [6, 6.07) is 8.96. The molecule has 0 aliphatic heterocycles. The maximum Gasteiger partial charge on any atom is 0.321 e. The molecule has 176 valence electrons. The Kier molecular flexibility index (Phi) is 7.00. The number of nitrogens with zero attached hydrogens (tertiary/aromatic N) is 3. The van der Waals surface area contributed by atoms with E-state index < -0.39 is 28.3 Å². The molecular formula is C22H22N6O6. The standard InChI is InChI=1S/C22H22N6O6/c1-11-5-6-13(9-12(11)2)24-21(30)19(27-23-3)17(22(31)34-4)18-20(29)26-16-10-14(28(32)33)7-8-15(16)25-18/h5-10,17,23H,1-4H3,(H,24,30)(H,26,29)/b27-19-/t17-/m0/s1. The van der Waals surface area contributed by atoms with Crippen LogP contribution in [0.15, 0.2) is 46.3 Å². The summed E-state index contributed by atoms with van der Waals surface area (Å²) < 4.78 is 4.84. The number of aromatic amines is 1. The number of carbonyl (C=O) groups is 2. The van der Waals surface area contributed by atoms with Crippen LogP contribution in [0.4, 0.5) is 11.4 Å². The van der Waals surface area contributed by atoms with Crippen LogP contribution in [0.5, 0.6) is 0 Å². The summed E-state index contributed by atoms with van der Waals surface area (Å²) in [6.07, 6.45) is 0. The fraction of sp³-hybridized carbons (Fsp3) is 0.227. The zero-order valence-electron chi connectivity index (χ0n) is 18.8. The van der Waals surface area contributed by atoms with E-state index >= 15 is 0 Å². The second-order valence-corrected chi connectivity index (χ2v) is 7.34. The van der Waals surface area contributed by atoms with Crippen molar-refractivity contribution in [3.63, 3.8) is 0 Å². The second kappa shape index (κ2) is 9.90. The van der Waals surface area contributed by atoms with E-state index in [1.54, 1.807) is 12.1 Å². The van der Waals surface area contributed by atoms with Gasteiger partial charge in [0, 0.05) is 24.9 Å². The zero-order valence-corrected chi connectivity index (χ0v) is 18.8. The highest BCUT2D eigenvalue weighted by atomic mass is 16.6. The number of anilines is 1. The minimum absolute atomic E-state index is 0.0956. The van der Waals surface area contributed by atoms with E-state index in [0.717, 1.165) is 24.3 Å². The number of non-ortho nitro benzene ring substituents is 1. The fourth-order valence-electron chi connectivity index (χ4n) is 3.25. The number of fused-ring (bicyclic) bond motifs is 1. The summed E-state index contributed by atoms with van der Waals surface area (Å²) in [6.45, 7) is 3.81. The number of amides is 1. The number of esters is 1. The molecule has 0 bridgehead atoms. The number of H-pyrrole nitrogens is 1. The summed E-state index contributed by atoms with van der Waals surface area (Å²) in [4.78, 5) is 55.8. The van der Waals surface area contributed by atoms with Gasteiger partial charge in [-0.25, -0.2) is 4.98 Å². The second-order valence-electron chi connectivity index (χ2n) is 7.34. The van der Waals surface area contributed by atoms with Crippen LogP contribution in [0.25, 0.3) is 11.0 Å². The third-order valence-electron chi connectivity index (χ3n) is 5.13. The molecule has 3 aromatic rings. The number of hydrazone groups is 1. The number of nitro benzene ring substituents is 1. The SMILES string of the molecule is CN/N=C(\C(=O)Nc1ccc(C)c(C)c1)[C@@H](C(=O)OC)c1nc2ccc([N+](=O)[O-])cc2[nH]c1=O. The van der Waals surface area contributed by atoms with Crippen LogP contribution < -0.4 is 16.3 Å². The van der Waals surface area contributed by atoms with Crippen molar-refractivity contribution in [3.05, 3.63) is 73.7 Å². The molecule has 12 nitrogen and oxygen atoms in total.